The Hall–Kier alpha value is -2.30. The van der Waals surface area contributed by atoms with Gasteiger partial charge in [0.2, 0.25) is 0 Å². The normalized spacial score (nSPS) is 12.4. The molecule has 0 aromatic heterocycles. The Morgan fingerprint density at radius 1 is 1.38 bits per heavy atom. The molecule has 1 aliphatic rings. The third-order valence-corrected chi connectivity index (χ3v) is 2.12. The van der Waals surface area contributed by atoms with E-state index in [1.807, 2.05) is 0 Å². The van der Waals surface area contributed by atoms with Crippen molar-refractivity contribution in [3.63, 3.8) is 0 Å². The second kappa shape index (κ2) is 3.69. The summed E-state index contributed by atoms with van der Waals surface area (Å²) in [6.07, 6.45) is 0. The van der Waals surface area contributed by atoms with Crippen molar-refractivity contribution in [2.75, 3.05) is 5.32 Å². The summed E-state index contributed by atoms with van der Waals surface area (Å²) in [7, 11) is 0. The molecule has 1 N–H and O–H groups in total. The van der Waals surface area contributed by atoms with E-state index in [1.165, 1.54) is 0 Å². The second-order valence-corrected chi connectivity index (χ2v) is 3.47. The molecule has 1 aliphatic heterocycles. The van der Waals surface area contributed by atoms with Gasteiger partial charge >= 0.3 is 0 Å². The van der Waals surface area contributed by atoms with Crippen LogP contribution in [-0.4, -0.2) is 11.8 Å². The summed E-state index contributed by atoms with van der Waals surface area (Å²) in [5, 5.41) is 9.74. The maximum absolute atomic E-state index is 11.3. The third kappa shape index (κ3) is 1.75. The van der Waals surface area contributed by atoms with Gasteiger partial charge in [-0.1, -0.05) is 6.58 Å². The number of hydrogen-bond donors (Lipinski definition) is 1. The predicted molar refractivity (Wildman–Crippen MR) is 58.7 cm³/mol. The Morgan fingerprint density at radius 3 is 2.81 bits per heavy atom. The molecule has 5 heteroatoms. The third-order valence-electron chi connectivity index (χ3n) is 2.12. The highest BCUT2D eigenvalue weighted by atomic mass is 16.2. The smallest absolute Gasteiger partial charge is 0.297 e. The van der Waals surface area contributed by atoms with Gasteiger partial charge in [-0.3, -0.25) is 9.59 Å². The minimum Gasteiger partial charge on any atom is -0.322 e. The van der Waals surface area contributed by atoms with Gasteiger partial charge in [0.25, 0.3) is 11.8 Å². The number of azo groups is 1. The molecule has 0 aliphatic carbocycles. The van der Waals surface area contributed by atoms with Crippen molar-refractivity contribution in [3.8, 4) is 0 Å². The van der Waals surface area contributed by atoms with E-state index in [9.17, 15) is 9.59 Å². The number of rotatable bonds is 2. The lowest BCUT2D eigenvalue weighted by Gasteiger charge is -2.04. The van der Waals surface area contributed by atoms with Gasteiger partial charge in [-0.25, -0.2) is 0 Å². The molecule has 0 fully saturated rings. The van der Waals surface area contributed by atoms with Crippen molar-refractivity contribution in [3.05, 3.63) is 35.9 Å². The Kier molecular flexibility index (Phi) is 2.36. The number of carbonyl (C=O) groups excluding carboxylic acids is 2. The predicted octanol–water partition coefficient (Wildman–Crippen LogP) is 2.44. The number of carbonyl (C=O) groups is 2. The molecule has 0 spiro atoms. The summed E-state index contributed by atoms with van der Waals surface area (Å²) in [6, 6.07) is 4.82. The number of nitrogens with one attached hydrogen (secondary N) is 1. The minimum absolute atomic E-state index is 0.263. The number of hydrogen-bond acceptors (Lipinski definition) is 3. The number of fused-ring (bicyclic) bond motifs is 1. The number of anilines is 1. The summed E-state index contributed by atoms with van der Waals surface area (Å²) in [6.45, 7) is 5.14. The second-order valence-electron chi connectivity index (χ2n) is 3.47. The first kappa shape index (κ1) is 10.2. The van der Waals surface area contributed by atoms with Gasteiger partial charge in [0.05, 0.1) is 5.56 Å². The SMILES string of the molecule is C=C(C)C(=O)Nc1ccc2c(c1)N=NC2=O. The van der Waals surface area contributed by atoms with Crippen LogP contribution in [0.15, 0.2) is 40.6 Å². The van der Waals surface area contributed by atoms with Gasteiger partial charge in [0.1, 0.15) is 5.69 Å². The maximum Gasteiger partial charge on any atom is 0.297 e. The van der Waals surface area contributed by atoms with Crippen molar-refractivity contribution in [2.45, 2.75) is 6.92 Å². The van der Waals surface area contributed by atoms with Crippen LogP contribution in [0.3, 0.4) is 0 Å². The highest BCUT2D eigenvalue weighted by molar-refractivity contribution is 6.05. The molecule has 0 saturated carbocycles. The lowest BCUT2D eigenvalue weighted by Crippen LogP contribution is -2.11. The van der Waals surface area contributed by atoms with Crippen molar-refractivity contribution < 1.29 is 9.59 Å². The Bertz CT molecular complexity index is 532. The Labute approximate surface area is 91.9 Å². The van der Waals surface area contributed by atoms with Crippen LogP contribution < -0.4 is 5.32 Å². The summed E-state index contributed by atoms with van der Waals surface area (Å²) in [5.41, 5.74) is 1.91. The van der Waals surface area contributed by atoms with Crippen LogP contribution in [0.2, 0.25) is 0 Å². The highest BCUT2D eigenvalue weighted by Crippen LogP contribution is 2.29. The molecule has 1 aromatic carbocycles. The zero-order valence-electron chi connectivity index (χ0n) is 8.65. The van der Waals surface area contributed by atoms with Crippen LogP contribution in [0.1, 0.15) is 17.3 Å². The first-order valence-corrected chi connectivity index (χ1v) is 4.65. The van der Waals surface area contributed by atoms with Crippen molar-refractivity contribution in [1.82, 2.24) is 0 Å². The van der Waals surface area contributed by atoms with E-state index in [2.05, 4.69) is 22.1 Å². The molecule has 0 atom stereocenters. The van der Waals surface area contributed by atoms with Crippen LogP contribution >= 0.6 is 0 Å². The molecule has 16 heavy (non-hydrogen) atoms. The van der Waals surface area contributed by atoms with Crippen LogP contribution in [-0.2, 0) is 4.79 Å². The molecule has 0 unspecified atom stereocenters. The van der Waals surface area contributed by atoms with Crippen LogP contribution in [0, 0.1) is 0 Å². The summed E-state index contributed by atoms with van der Waals surface area (Å²) in [5.74, 6) is -0.617. The first-order valence-electron chi connectivity index (χ1n) is 4.65. The van der Waals surface area contributed by atoms with Gasteiger partial charge in [0.15, 0.2) is 0 Å². The molecular weight excluding hydrogens is 206 g/mol. The lowest BCUT2D eigenvalue weighted by molar-refractivity contribution is -0.112. The fourth-order valence-corrected chi connectivity index (χ4v) is 1.26. The Morgan fingerprint density at radius 2 is 2.12 bits per heavy atom. The molecule has 0 bridgehead atoms. The van der Waals surface area contributed by atoms with E-state index in [0.29, 0.717) is 22.5 Å². The molecule has 1 heterocycles. The standard InChI is InChI=1S/C11H9N3O2/c1-6(2)10(15)12-7-3-4-8-9(5-7)13-14-11(8)16/h3-5H,1H2,2H3,(H,12,15). The van der Waals surface area contributed by atoms with E-state index < -0.39 is 0 Å². The van der Waals surface area contributed by atoms with E-state index in [-0.39, 0.29) is 11.8 Å². The van der Waals surface area contributed by atoms with E-state index in [1.54, 1.807) is 25.1 Å². The zero-order chi connectivity index (χ0) is 11.7. The summed E-state index contributed by atoms with van der Waals surface area (Å²) in [4.78, 5) is 22.5. The van der Waals surface area contributed by atoms with Crippen LogP contribution in [0.4, 0.5) is 11.4 Å². The lowest BCUT2D eigenvalue weighted by atomic mass is 10.1. The molecular formula is C11H9N3O2. The van der Waals surface area contributed by atoms with Crippen molar-refractivity contribution >= 4 is 23.2 Å². The minimum atomic E-state index is -0.354. The molecule has 2 amide bonds. The maximum atomic E-state index is 11.3. The molecule has 2 rings (SSSR count). The number of nitrogens with zero attached hydrogens (tertiary/aromatic N) is 2. The highest BCUT2D eigenvalue weighted by Gasteiger charge is 2.17. The molecule has 80 valence electrons. The molecule has 0 radical (unpaired) electrons. The summed E-state index contributed by atoms with van der Waals surface area (Å²) < 4.78 is 0. The fourth-order valence-electron chi connectivity index (χ4n) is 1.26. The topological polar surface area (TPSA) is 70.9 Å². The summed E-state index contributed by atoms with van der Waals surface area (Å²) >= 11 is 0. The van der Waals surface area contributed by atoms with Crippen molar-refractivity contribution in [2.24, 2.45) is 10.2 Å². The van der Waals surface area contributed by atoms with E-state index >= 15 is 0 Å². The van der Waals surface area contributed by atoms with Gasteiger partial charge in [-0.05, 0) is 25.1 Å². The fraction of sp³-hybridized carbons (Fsp3) is 0.0909. The zero-order valence-corrected chi connectivity index (χ0v) is 8.65. The average molecular weight is 215 g/mol. The van der Waals surface area contributed by atoms with Gasteiger partial charge in [-0.15, -0.1) is 10.2 Å². The first-order chi connectivity index (χ1) is 7.58. The number of amides is 2. The van der Waals surface area contributed by atoms with Crippen molar-refractivity contribution in [1.29, 1.82) is 0 Å². The van der Waals surface area contributed by atoms with E-state index in [0.717, 1.165) is 0 Å². The van der Waals surface area contributed by atoms with E-state index in [4.69, 9.17) is 0 Å². The molecule has 5 nitrogen and oxygen atoms in total. The monoisotopic (exact) mass is 215 g/mol. The Balaban J connectivity index is 2.26. The number of benzene rings is 1. The van der Waals surface area contributed by atoms with Gasteiger partial charge in [-0.2, -0.15) is 0 Å². The van der Waals surface area contributed by atoms with Gasteiger partial charge < -0.3 is 5.32 Å². The largest absolute Gasteiger partial charge is 0.322 e. The molecule has 1 aromatic rings. The van der Waals surface area contributed by atoms with Crippen LogP contribution in [0.5, 0.6) is 0 Å². The van der Waals surface area contributed by atoms with Gasteiger partial charge in [0, 0.05) is 11.3 Å². The average Bonchev–Trinajstić information content (AvgIpc) is 2.60. The molecule has 0 saturated heterocycles. The quantitative estimate of drug-likeness (QED) is 0.769. The van der Waals surface area contributed by atoms with Crippen LogP contribution in [0.25, 0.3) is 0 Å².